The molecule has 0 spiro atoms. The highest BCUT2D eigenvalue weighted by molar-refractivity contribution is 5.92. The van der Waals surface area contributed by atoms with Gasteiger partial charge in [-0.05, 0) is 44.2 Å². The number of urea groups is 1. The van der Waals surface area contributed by atoms with E-state index < -0.39 is 0 Å². The molecule has 9 heteroatoms. The Balaban J connectivity index is 1.30. The molecule has 0 bridgehead atoms. The minimum atomic E-state index is -0.227. The smallest absolute Gasteiger partial charge is 0.319 e. The monoisotopic (exact) mass is 451 g/mol. The van der Waals surface area contributed by atoms with E-state index in [-0.39, 0.29) is 12.1 Å². The fourth-order valence-corrected chi connectivity index (χ4v) is 3.79. The summed E-state index contributed by atoms with van der Waals surface area (Å²) in [6.07, 6.45) is 1.67. The molecular formula is C24H29N5O4. The van der Waals surface area contributed by atoms with Crippen molar-refractivity contribution >= 4 is 28.4 Å². The van der Waals surface area contributed by atoms with Gasteiger partial charge in [0, 0.05) is 42.7 Å². The van der Waals surface area contributed by atoms with E-state index in [0.717, 1.165) is 41.2 Å². The number of hydrogen-bond acceptors (Lipinski definition) is 7. The summed E-state index contributed by atoms with van der Waals surface area (Å²) in [5, 5.41) is 6.70. The number of rotatable bonds is 8. The van der Waals surface area contributed by atoms with Crippen LogP contribution in [0.2, 0.25) is 0 Å². The highest BCUT2D eigenvalue weighted by atomic mass is 16.5. The molecule has 4 rings (SSSR count). The van der Waals surface area contributed by atoms with Gasteiger partial charge in [-0.15, -0.1) is 0 Å². The molecule has 1 fully saturated rings. The van der Waals surface area contributed by atoms with Crippen LogP contribution < -0.4 is 29.7 Å². The summed E-state index contributed by atoms with van der Waals surface area (Å²) in [7, 11) is 3.21. The second-order valence-electron chi connectivity index (χ2n) is 8.22. The lowest BCUT2D eigenvalue weighted by molar-refractivity contribution is 0.242. The number of hydrogen-bond donors (Lipinski definition) is 2. The molecule has 2 heterocycles. The first kappa shape index (κ1) is 22.4. The van der Waals surface area contributed by atoms with Gasteiger partial charge in [-0.3, -0.25) is 0 Å². The second kappa shape index (κ2) is 9.81. The zero-order valence-corrected chi connectivity index (χ0v) is 19.3. The van der Waals surface area contributed by atoms with Crippen LogP contribution in [0.5, 0.6) is 17.2 Å². The Bertz CT molecular complexity index is 1110. The highest BCUT2D eigenvalue weighted by Gasteiger charge is 2.29. The molecule has 174 valence electrons. The Morgan fingerprint density at radius 1 is 1.09 bits per heavy atom. The van der Waals surface area contributed by atoms with Crippen LogP contribution in [0.4, 0.5) is 16.3 Å². The van der Waals surface area contributed by atoms with Gasteiger partial charge in [0.05, 0.1) is 25.8 Å². The molecule has 2 amide bonds. The SMILES string of the molecule is COc1cc2ncnc(N3CC(CNC(=O)Nc4ccc(OC(C)C)cc4)C3)c2cc1OC. The minimum Gasteiger partial charge on any atom is -0.493 e. The quantitative estimate of drug-likeness (QED) is 0.539. The summed E-state index contributed by atoms with van der Waals surface area (Å²) >= 11 is 0. The number of methoxy groups -OCH3 is 2. The molecule has 0 aliphatic carbocycles. The van der Waals surface area contributed by atoms with Crippen LogP contribution in [0.15, 0.2) is 42.7 Å². The number of fused-ring (bicyclic) bond motifs is 1. The van der Waals surface area contributed by atoms with Gasteiger partial charge in [-0.25, -0.2) is 14.8 Å². The average molecular weight is 452 g/mol. The fourth-order valence-electron chi connectivity index (χ4n) is 3.79. The van der Waals surface area contributed by atoms with Crippen molar-refractivity contribution in [1.82, 2.24) is 15.3 Å². The zero-order chi connectivity index (χ0) is 23.4. The van der Waals surface area contributed by atoms with E-state index in [9.17, 15) is 4.79 Å². The van der Waals surface area contributed by atoms with E-state index in [1.807, 2.05) is 50.2 Å². The van der Waals surface area contributed by atoms with E-state index in [1.165, 1.54) is 0 Å². The molecule has 1 aliphatic rings. The number of aromatic nitrogens is 2. The summed E-state index contributed by atoms with van der Waals surface area (Å²) in [5.74, 6) is 3.24. The van der Waals surface area contributed by atoms with Gasteiger partial charge in [-0.2, -0.15) is 0 Å². The molecule has 0 radical (unpaired) electrons. The molecule has 0 saturated carbocycles. The minimum absolute atomic E-state index is 0.111. The summed E-state index contributed by atoms with van der Waals surface area (Å²) in [5.41, 5.74) is 1.51. The van der Waals surface area contributed by atoms with Gasteiger partial charge >= 0.3 is 6.03 Å². The third kappa shape index (κ3) is 5.19. The molecule has 33 heavy (non-hydrogen) atoms. The van der Waals surface area contributed by atoms with Crippen LogP contribution in [-0.2, 0) is 0 Å². The van der Waals surface area contributed by atoms with Crippen LogP contribution in [0.1, 0.15) is 13.8 Å². The Kier molecular flexibility index (Phi) is 6.67. The van der Waals surface area contributed by atoms with Crippen LogP contribution in [0, 0.1) is 5.92 Å². The Labute approximate surface area is 193 Å². The van der Waals surface area contributed by atoms with E-state index >= 15 is 0 Å². The Hall–Kier alpha value is -3.75. The average Bonchev–Trinajstić information content (AvgIpc) is 2.78. The van der Waals surface area contributed by atoms with Gasteiger partial charge in [0.15, 0.2) is 11.5 Å². The van der Waals surface area contributed by atoms with Crippen LogP contribution >= 0.6 is 0 Å². The predicted molar refractivity (Wildman–Crippen MR) is 128 cm³/mol. The molecule has 1 aromatic heterocycles. The standard InChI is InChI=1S/C24H29N5O4/c1-15(2)33-18-7-5-17(6-8-18)28-24(30)25-11-16-12-29(13-16)23-19-9-21(31-3)22(32-4)10-20(19)26-14-27-23/h5-10,14-16H,11-13H2,1-4H3,(H2,25,28,30). The van der Waals surface area contributed by atoms with Crippen molar-refractivity contribution in [3.63, 3.8) is 0 Å². The lowest BCUT2D eigenvalue weighted by atomic mass is 9.99. The number of nitrogens with zero attached hydrogens (tertiary/aromatic N) is 3. The van der Waals surface area contributed by atoms with E-state index in [4.69, 9.17) is 14.2 Å². The molecule has 1 saturated heterocycles. The number of nitrogens with one attached hydrogen (secondary N) is 2. The van der Waals surface area contributed by atoms with Gasteiger partial charge in [0.25, 0.3) is 0 Å². The van der Waals surface area contributed by atoms with Crippen molar-refractivity contribution in [3.8, 4) is 17.2 Å². The van der Waals surface area contributed by atoms with E-state index in [2.05, 4.69) is 25.5 Å². The Morgan fingerprint density at radius 2 is 1.79 bits per heavy atom. The summed E-state index contributed by atoms with van der Waals surface area (Å²) in [6.45, 7) is 6.12. The van der Waals surface area contributed by atoms with Gasteiger partial charge < -0.3 is 29.7 Å². The molecule has 2 N–H and O–H groups in total. The molecule has 2 aromatic carbocycles. The van der Waals surface area contributed by atoms with Crippen LogP contribution in [-0.4, -0.2) is 56.0 Å². The van der Waals surface area contributed by atoms with Crippen molar-refractivity contribution in [2.45, 2.75) is 20.0 Å². The molecule has 9 nitrogen and oxygen atoms in total. The van der Waals surface area contributed by atoms with Gasteiger partial charge in [0.2, 0.25) is 0 Å². The van der Waals surface area contributed by atoms with E-state index in [0.29, 0.717) is 24.0 Å². The number of carbonyl (C=O) groups is 1. The highest BCUT2D eigenvalue weighted by Crippen LogP contribution is 2.36. The summed E-state index contributed by atoms with van der Waals surface area (Å²) in [4.78, 5) is 23.3. The maximum atomic E-state index is 12.3. The third-order valence-corrected chi connectivity index (χ3v) is 5.41. The lowest BCUT2D eigenvalue weighted by Gasteiger charge is -2.40. The van der Waals surface area contributed by atoms with Crippen molar-refractivity contribution in [2.24, 2.45) is 5.92 Å². The van der Waals surface area contributed by atoms with Crippen LogP contribution in [0.3, 0.4) is 0 Å². The number of ether oxygens (including phenoxy) is 3. The van der Waals surface area contributed by atoms with Crippen molar-refractivity contribution in [1.29, 1.82) is 0 Å². The molecule has 0 unspecified atom stereocenters. The fraction of sp³-hybridized carbons (Fsp3) is 0.375. The number of anilines is 2. The third-order valence-electron chi connectivity index (χ3n) is 5.41. The molecule has 3 aromatic rings. The summed E-state index contributed by atoms with van der Waals surface area (Å²) in [6, 6.07) is 10.9. The van der Waals surface area contributed by atoms with Crippen molar-refractivity contribution in [2.75, 3.05) is 44.1 Å². The largest absolute Gasteiger partial charge is 0.493 e. The predicted octanol–water partition coefficient (Wildman–Crippen LogP) is 3.69. The van der Waals surface area contributed by atoms with Gasteiger partial charge in [-0.1, -0.05) is 0 Å². The van der Waals surface area contributed by atoms with E-state index in [1.54, 1.807) is 20.5 Å². The topological polar surface area (TPSA) is 97.8 Å². The van der Waals surface area contributed by atoms with Gasteiger partial charge in [0.1, 0.15) is 17.9 Å². The van der Waals surface area contributed by atoms with Crippen molar-refractivity contribution in [3.05, 3.63) is 42.7 Å². The first-order chi connectivity index (χ1) is 16.0. The number of benzene rings is 2. The second-order valence-corrected chi connectivity index (χ2v) is 8.22. The van der Waals surface area contributed by atoms with Crippen LogP contribution in [0.25, 0.3) is 10.9 Å². The number of amides is 2. The normalized spacial score (nSPS) is 13.5. The maximum Gasteiger partial charge on any atom is 0.319 e. The van der Waals surface area contributed by atoms with Crippen molar-refractivity contribution < 1.29 is 19.0 Å². The molecule has 1 aliphatic heterocycles. The first-order valence-electron chi connectivity index (χ1n) is 10.9. The molecule has 0 atom stereocenters. The zero-order valence-electron chi connectivity index (χ0n) is 19.3. The maximum absolute atomic E-state index is 12.3. The number of carbonyl (C=O) groups excluding carboxylic acids is 1. The lowest BCUT2D eigenvalue weighted by Crippen LogP contribution is -2.52. The summed E-state index contributed by atoms with van der Waals surface area (Å²) < 4.78 is 16.4. The first-order valence-corrected chi connectivity index (χ1v) is 10.9. The Morgan fingerprint density at radius 3 is 2.45 bits per heavy atom. The molecular weight excluding hydrogens is 422 g/mol.